The van der Waals surface area contributed by atoms with Crippen molar-refractivity contribution in [3.8, 4) is 23.0 Å². The molecule has 3 atom stereocenters. The van der Waals surface area contributed by atoms with Gasteiger partial charge in [0.15, 0.2) is 5.82 Å². The van der Waals surface area contributed by atoms with Crippen molar-refractivity contribution in [2.75, 3.05) is 81.9 Å². The van der Waals surface area contributed by atoms with E-state index in [1.165, 1.54) is 12.8 Å². The van der Waals surface area contributed by atoms with E-state index in [1.807, 2.05) is 30.3 Å². The van der Waals surface area contributed by atoms with Crippen molar-refractivity contribution in [2.45, 2.75) is 89.4 Å². The Morgan fingerprint density at radius 2 is 1.69 bits per heavy atom. The number of nitrogens with zero attached hydrogens (tertiary/aromatic N) is 8. The number of carbonyl (C=O) groups excluding carboxylic acids is 3. The number of phenols is 1. The predicted molar refractivity (Wildman–Crippen MR) is 263 cm³/mol. The number of phenolic OH excluding ortho intramolecular Hbond substituents is 1. The number of fused-ring (bicyclic) bond motifs is 5. The fourth-order valence-electron chi connectivity index (χ4n) is 13.3. The van der Waals surface area contributed by atoms with E-state index in [0.29, 0.717) is 65.3 Å². The van der Waals surface area contributed by atoms with Gasteiger partial charge in [0.05, 0.1) is 12.0 Å². The minimum absolute atomic E-state index is 0.0275. The number of hydrogen-bond donors (Lipinski definition) is 3. The molecule has 364 valence electrons. The highest BCUT2D eigenvalue weighted by Crippen LogP contribution is 2.48. The monoisotopic (exact) mass is 948 g/mol. The third-order valence-corrected chi connectivity index (χ3v) is 17.1. The molecular weight excluding hydrogens is 888 g/mol. The van der Waals surface area contributed by atoms with Crippen molar-refractivity contribution in [1.29, 1.82) is 0 Å². The largest absolute Gasteiger partial charge is 0.508 e. The number of amides is 3. The van der Waals surface area contributed by atoms with Crippen LogP contribution in [0.15, 0.2) is 54.7 Å². The summed E-state index contributed by atoms with van der Waals surface area (Å²) in [7, 11) is 0. The number of hydrogen-bond acceptors (Lipinski definition) is 13. The van der Waals surface area contributed by atoms with E-state index < -0.39 is 11.9 Å². The van der Waals surface area contributed by atoms with Gasteiger partial charge in [-0.05, 0) is 123 Å². The topological polar surface area (TPSA) is 160 Å². The standard InChI is InChI=1S/C54H61FN10O5/c1-2-33-4-3-5-34-19-39(66)20-41(45(33)34)47-46(55)48-42(21-56-47)49(63-24-36-6-7-37(25-63)57-36)60-52(59-48)70-31-53(14-15-53)26-61-16-12-32(13-17-61)22-62-27-54(28-62)29-64(30-54)38-8-9-40-35(18-38)23-65(51(40)69)43-10-11-44(67)58-50(43)68/h3-5,8-9,18-21,32,36-37,43,57,66H,2,6-7,10-17,22-31H2,1H3,(H,58,67,68). The van der Waals surface area contributed by atoms with E-state index in [-0.39, 0.29) is 52.5 Å². The van der Waals surface area contributed by atoms with Crippen molar-refractivity contribution in [3.05, 3.63) is 77.2 Å². The normalized spacial score (nSPS) is 25.1. The Bertz CT molecular complexity index is 2950. The van der Waals surface area contributed by atoms with Gasteiger partial charge in [0.1, 0.15) is 28.8 Å². The number of halogens is 1. The van der Waals surface area contributed by atoms with Gasteiger partial charge in [0.2, 0.25) is 11.8 Å². The van der Waals surface area contributed by atoms with Crippen LogP contribution < -0.4 is 25.2 Å². The average Bonchev–Trinajstić information content (AvgIpc) is 3.91. The number of ether oxygens (including phenoxy) is 1. The van der Waals surface area contributed by atoms with Crippen LogP contribution in [-0.4, -0.2) is 143 Å². The van der Waals surface area contributed by atoms with Gasteiger partial charge in [-0.15, -0.1) is 0 Å². The Morgan fingerprint density at radius 3 is 2.44 bits per heavy atom. The number of anilines is 2. The van der Waals surface area contributed by atoms with Crippen molar-refractivity contribution >= 4 is 50.9 Å². The molecule has 2 bridgehead atoms. The van der Waals surface area contributed by atoms with Crippen molar-refractivity contribution < 1.29 is 28.6 Å². The molecule has 70 heavy (non-hydrogen) atoms. The molecule has 2 aromatic heterocycles. The maximum atomic E-state index is 17.2. The molecule has 7 aliphatic heterocycles. The Balaban J connectivity index is 0.629. The van der Waals surface area contributed by atoms with Crippen LogP contribution in [0.5, 0.6) is 11.8 Å². The third kappa shape index (κ3) is 7.81. The summed E-state index contributed by atoms with van der Waals surface area (Å²) >= 11 is 0. The highest BCUT2D eigenvalue weighted by Gasteiger charge is 2.52. The van der Waals surface area contributed by atoms with Gasteiger partial charge in [-0.1, -0.05) is 25.1 Å². The summed E-state index contributed by atoms with van der Waals surface area (Å²) in [5.74, 6) is 0.0924. The molecular formula is C54H61FN10O5. The molecule has 5 aromatic rings. The summed E-state index contributed by atoms with van der Waals surface area (Å²) in [6.45, 7) is 13.1. The van der Waals surface area contributed by atoms with Gasteiger partial charge in [-0.3, -0.25) is 24.7 Å². The number of nitrogens with one attached hydrogen (secondary N) is 2. The number of aromatic hydroxyl groups is 1. The number of imide groups is 1. The van der Waals surface area contributed by atoms with Crippen LogP contribution in [0.25, 0.3) is 32.9 Å². The SMILES string of the molecule is CCc1cccc2cc(O)cc(-c3ncc4c(N5CC6CCC(C5)N6)nc(OCC5(CN6CCC(CN7CC8(C7)CN(c7ccc9c(c7)CN(C7CCC(=O)NC7=O)C9=O)C8)CC6)CC5)nc4c3F)c12. The number of piperazine rings is 1. The number of aryl methyl sites for hydroxylation is 1. The molecule has 1 spiro atoms. The number of rotatable bonds is 12. The number of benzene rings is 3. The van der Waals surface area contributed by atoms with E-state index in [2.05, 4.69) is 43.2 Å². The number of pyridine rings is 1. The molecule has 15 nitrogen and oxygen atoms in total. The Morgan fingerprint density at radius 1 is 0.886 bits per heavy atom. The van der Waals surface area contributed by atoms with E-state index in [9.17, 15) is 19.5 Å². The zero-order valence-corrected chi connectivity index (χ0v) is 39.9. The lowest BCUT2D eigenvalue weighted by molar-refractivity contribution is -0.136. The lowest BCUT2D eigenvalue weighted by Crippen LogP contribution is -2.72. The molecule has 8 aliphatic rings. The summed E-state index contributed by atoms with van der Waals surface area (Å²) in [6, 6.07) is 15.7. The van der Waals surface area contributed by atoms with E-state index >= 15 is 4.39 Å². The van der Waals surface area contributed by atoms with E-state index in [1.54, 1.807) is 23.2 Å². The minimum atomic E-state index is -0.598. The van der Waals surface area contributed by atoms with Gasteiger partial charge >= 0.3 is 6.01 Å². The number of carbonyl (C=O) groups is 3. The van der Waals surface area contributed by atoms with Crippen molar-refractivity contribution in [3.63, 3.8) is 0 Å². The van der Waals surface area contributed by atoms with Crippen molar-refractivity contribution in [1.82, 2.24) is 40.3 Å². The molecule has 1 aliphatic carbocycles. The molecule has 3 unspecified atom stereocenters. The number of likely N-dealkylation sites (tertiary alicyclic amines) is 2. The smallest absolute Gasteiger partial charge is 0.319 e. The minimum Gasteiger partial charge on any atom is -0.508 e. The first-order valence-electron chi connectivity index (χ1n) is 25.7. The second kappa shape index (κ2) is 16.8. The third-order valence-electron chi connectivity index (χ3n) is 17.1. The molecule has 16 heteroatoms. The summed E-state index contributed by atoms with van der Waals surface area (Å²) in [5.41, 5.74) is 5.06. The Labute approximate surface area is 406 Å². The molecule has 1 saturated carbocycles. The second-order valence-electron chi connectivity index (χ2n) is 22.2. The fraction of sp³-hybridized carbons (Fsp3) is 0.519. The molecule has 6 saturated heterocycles. The fourth-order valence-corrected chi connectivity index (χ4v) is 13.3. The highest BCUT2D eigenvalue weighted by atomic mass is 19.1. The van der Waals surface area contributed by atoms with E-state index in [4.69, 9.17) is 19.7 Å². The maximum absolute atomic E-state index is 17.2. The maximum Gasteiger partial charge on any atom is 0.319 e. The zero-order valence-electron chi connectivity index (χ0n) is 39.9. The number of piperidine rings is 2. The molecule has 7 fully saturated rings. The van der Waals surface area contributed by atoms with Crippen LogP contribution in [0, 0.1) is 22.6 Å². The van der Waals surface area contributed by atoms with Gasteiger partial charge < -0.3 is 39.7 Å². The van der Waals surface area contributed by atoms with Crippen LogP contribution in [0.4, 0.5) is 15.9 Å². The second-order valence-corrected chi connectivity index (χ2v) is 22.2. The summed E-state index contributed by atoms with van der Waals surface area (Å²) < 4.78 is 23.7. The van der Waals surface area contributed by atoms with Gasteiger partial charge in [-0.25, -0.2) is 4.39 Å². The quantitative estimate of drug-likeness (QED) is 0.132. The predicted octanol–water partition coefficient (Wildman–Crippen LogP) is 5.65. The molecule has 3 N–H and O–H groups in total. The van der Waals surface area contributed by atoms with Gasteiger partial charge in [0.25, 0.3) is 5.91 Å². The lowest BCUT2D eigenvalue weighted by Gasteiger charge is -2.61. The molecule has 3 aromatic carbocycles. The summed E-state index contributed by atoms with van der Waals surface area (Å²) in [5, 5.41) is 19.2. The summed E-state index contributed by atoms with van der Waals surface area (Å²) in [4.78, 5) is 63.6. The van der Waals surface area contributed by atoms with E-state index in [0.717, 1.165) is 125 Å². The molecule has 0 radical (unpaired) electrons. The van der Waals surface area contributed by atoms with Crippen LogP contribution in [0.3, 0.4) is 0 Å². The van der Waals surface area contributed by atoms with Gasteiger partial charge in [0, 0.05) is 111 Å². The average molecular weight is 949 g/mol. The van der Waals surface area contributed by atoms with Crippen LogP contribution in [0.2, 0.25) is 0 Å². The number of aromatic nitrogens is 3. The molecule has 3 amide bonds. The molecule has 9 heterocycles. The first kappa shape index (κ1) is 44.0. The Hall–Kier alpha value is -5.97. The lowest BCUT2D eigenvalue weighted by atomic mass is 9.72. The molecule has 13 rings (SSSR count). The first-order chi connectivity index (χ1) is 34.0. The van der Waals surface area contributed by atoms with Crippen molar-refractivity contribution in [2.24, 2.45) is 16.7 Å². The van der Waals surface area contributed by atoms with Gasteiger partial charge in [-0.2, -0.15) is 9.97 Å². The van der Waals surface area contributed by atoms with Crippen LogP contribution in [0.1, 0.15) is 79.8 Å². The Kier molecular flexibility index (Phi) is 10.6. The highest BCUT2D eigenvalue weighted by molar-refractivity contribution is 6.06. The first-order valence-corrected chi connectivity index (χ1v) is 25.7. The van der Waals surface area contributed by atoms with Crippen LogP contribution in [-0.2, 0) is 22.6 Å². The van der Waals surface area contributed by atoms with Crippen LogP contribution >= 0.6 is 0 Å². The zero-order chi connectivity index (χ0) is 47.5. The summed E-state index contributed by atoms with van der Waals surface area (Å²) in [6.07, 6.45) is 9.83.